The fourth-order valence-corrected chi connectivity index (χ4v) is 1.84. The third kappa shape index (κ3) is 5.39. The van der Waals surface area contributed by atoms with Gasteiger partial charge in [0.25, 0.3) is 5.91 Å². The standard InChI is InChI=1S/C15H18N4O3.ClH/c1-10-13(9-17-22-10)15(21)19-12-6-4-11(5-7-12)18-14(20)3-2-8-16;/h4-7,9H,2-3,8,16H2,1H3,(H,18,20)(H,19,21);1H. The first kappa shape index (κ1) is 18.7. The number of nitrogens with one attached hydrogen (secondary N) is 2. The molecule has 1 aromatic heterocycles. The summed E-state index contributed by atoms with van der Waals surface area (Å²) in [6.07, 6.45) is 2.41. The Kier molecular flexibility index (Phi) is 7.24. The molecule has 7 nitrogen and oxygen atoms in total. The van der Waals surface area contributed by atoms with Crippen LogP contribution in [0.25, 0.3) is 0 Å². The van der Waals surface area contributed by atoms with Crippen molar-refractivity contribution in [3.63, 3.8) is 0 Å². The van der Waals surface area contributed by atoms with Gasteiger partial charge in [0, 0.05) is 17.8 Å². The Morgan fingerprint density at radius 3 is 2.30 bits per heavy atom. The van der Waals surface area contributed by atoms with Crippen molar-refractivity contribution in [2.75, 3.05) is 17.2 Å². The molecule has 0 aliphatic carbocycles. The summed E-state index contributed by atoms with van der Waals surface area (Å²) in [5, 5.41) is 9.06. The highest BCUT2D eigenvalue weighted by Crippen LogP contribution is 2.16. The Bertz CT molecular complexity index is 655. The summed E-state index contributed by atoms with van der Waals surface area (Å²) in [4.78, 5) is 23.6. The highest BCUT2D eigenvalue weighted by Gasteiger charge is 2.12. The number of nitrogens with zero attached hydrogens (tertiary/aromatic N) is 1. The Balaban J connectivity index is 0.00000264. The lowest BCUT2D eigenvalue weighted by atomic mass is 10.2. The number of carbonyl (C=O) groups excluding carboxylic acids is 2. The van der Waals surface area contributed by atoms with Gasteiger partial charge >= 0.3 is 0 Å². The highest BCUT2D eigenvalue weighted by atomic mass is 35.5. The monoisotopic (exact) mass is 338 g/mol. The summed E-state index contributed by atoms with van der Waals surface area (Å²) >= 11 is 0. The molecule has 0 aliphatic heterocycles. The zero-order chi connectivity index (χ0) is 15.9. The predicted octanol–water partition coefficient (Wildman–Crippen LogP) is 2.33. The van der Waals surface area contributed by atoms with Crippen molar-refractivity contribution in [1.29, 1.82) is 0 Å². The first-order valence-corrected chi connectivity index (χ1v) is 6.92. The topological polar surface area (TPSA) is 110 Å². The average Bonchev–Trinajstić information content (AvgIpc) is 2.93. The molecular formula is C15H19ClN4O3. The van der Waals surface area contributed by atoms with Gasteiger partial charge in [0.15, 0.2) is 0 Å². The highest BCUT2D eigenvalue weighted by molar-refractivity contribution is 6.04. The molecule has 2 aromatic rings. The lowest BCUT2D eigenvalue weighted by molar-refractivity contribution is -0.116. The van der Waals surface area contributed by atoms with Gasteiger partial charge in [-0.2, -0.15) is 0 Å². The number of rotatable bonds is 6. The Morgan fingerprint density at radius 1 is 1.17 bits per heavy atom. The number of anilines is 2. The normalized spacial score (nSPS) is 9.83. The lowest BCUT2D eigenvalue weighted by Crippen LogP contribution is -2.14. The van der Waals surface area contributed by atoms with Crippen LogP contribution in [0, 0.1) is 6.92 Å². The van der Waals surface area contributed by atoms with Gasteiger partial charge in [-0.05, 0) is 44.2 Å². The third-order valence-corrected chi connectivity index (χ3v) is 3.03. The zero-order valence-electron chi connectivity index (χ0n) is 12.7. The van der Waals surface area contributed by atoms with E-state index in [1.54, 1.807) is 31.2 Å². The molecule has 23 heavy (non-hydrogen) atoms. The van der Waals surface area contributed by atoms with E-state index in [1.807, 2.05) is 0 Å². The molecule has 0 aliphatic rings. The summed E-state index contributed by atoms with van der Waals surface area (Å²) in [5.41, 5.74) is 7.03. The fourth-order valence-electron chi connectivity index (χ4n) is 1.84. The molecule has 0 radical (unpaired) electrons. The van der Waals surface area contributed by atoms with Crippen LogP contribution in [0.1, 0.15) is 29.0 Å². The van der Waals surface area contributed by atoms with Crippen molar-refractivity contribution >= 4 is 35.6 Å². The summed E-state index contributed by atoms with van der Waals surface area (Å²) in [6, 6.07) is 6.85. The molecule has 124 valence electrons. The van der Waals surface area contributed by atoms with Crippen molar-refractivity contribution in [2.24, 2.45) is 5.73 Å². The van der Waals surface area contributed by atoms with Crippen molar-refractivity contribution in [1.82, 2.24) is 5.16 Å². The van der Waals surface area contributed by atoms with E-state index in [-0.39, 0.29) is 24.2 Å². The number of amides is 2. The Morgan fingerprint density at radius 2 is 1.78 bits per heavy atom. The molecule has 1 heterocycles. The molecule has 0 saturated carbocycles. The molecule has 2 rings (SSSR count). The van der Waals surface area contributed by atoms with E-state index < -0.39 is 0 Å². The van der Waals surface area contributed by atoms with Crippen molar-refractivity contribution < 1.29 is 14.1 Å². The molecule has 0 atom stereocenters. The van der Waals surface area contributed by atoms with Crippen LogP contribution >= 0.6 is 12.4 Å². The van der Waals surface area contributed by atoms with Gasteiger partial charge in [-0.15, -0.1) is 12.4 Å². The van der Waals surface area contributed by atoms with E-state index in [4.69, 9.17) is 10.3 Å². The van der Waals surface area contributed by atoms with E-state index >= 15 is 0 Å². The van der Waals surface area contributed by atoms with Crippen LogP contribution in [-0.4, -0.2) is 23.5 Å². The molecule has 1 aromatic carbocycles. The van der Waals surface area contributed by atoms with Crippen LogP contribution < -0.4 is 16.4 Å². The van der Waals surface area contributed by atoms with E-state index in [2.05, 4.69) is 15.8 Å². The Hall–Kier alpha value is -2.38. The zero-order valence-corrected chi connectivity index (χ0v) is 13.5. The van der Waals surface area contributed by atoms with E-state index in [0.717, 1.165) is 0 Å². The van der Waals surface area contributed by atoms with E-state index in [0.29, 0.717) is 42.1 Å². The van der Waals surface area contributed by atoms with Crippen LogP contribution in [0.15, 0.2) is 35.0 Å². The van der Waals surface area contributed by atoms with Crippen LogP contribution in [0.2, 0.25) is 0 Å². The molecule has 0 unspecified atom stereocenters. The third-order valence-electron chi connectivity index (χ3n) is 3.03. The van der Waals surface area contributed by atoms with Gasteiger partial charge in [-0.3, -0.25) is 9.59 Å². The first-order chi connectivity index (χ1) is 10.6. The average molecular weight is 339 g/mol. The number of hydrogen-bond acceptors (Lipinski definition) is 5. The quantitative estimate of drug-likeness (QED) is 0.748. The number of benzene rings is 1. The number of aryl methyl sites for hydroxylation is 1. The number of aromatic nitrogens is 1. The second kappa shape index (κ2) is 8.92. The second-order valence-corrected chi connectivity index (χ2v) is 4.77. The van der Waals surface area contributed by atoms with Crippen LogP contribution in [-0.2, 0) is 4.79 Å². The van der Waals surface area contributed by atoms with Gasteiger partial charge in [0.05, 0.1) is 6.20 Å². The summed E-state index contributed by atoms with van der Waals surface area (Å²) in [7, 11) is 0. The molecule has 0 saturated heterocycles. The molecular weight excluding hydrogens is 320 g/mol. The smallest absolute Gasteiger partial charge is 0.260 e. The van der Waals surface area contributed by atoms with Crippen LogP contribution in [0.4, 0.5) is 11.4 Å². The van der Waals surface area contributed by atoms with Gasteiger partial charge in [0.1, 0.15) is 11.3 Å². The second-order valence-electron chi connectivity index (χ2n) is 4.77. The maximum Gasteiger partial charge on any atom is 0.260 e. The molecule has 2 amide bonds. The van der Waals surface area contributed by atoms with Crippen molar-refractivity contribution in [3.05, 3.63) is 41.8 Å². The minimum absolute atomic E-state index is 0. The van der Waals surface area contributed by atoms with Gasteiger partial charge in [0.2, 0.25) is 5.91 Å². The molecule has 0 bridgehead atoms. The molecule has 8 heteroatoms. The van der Waals surface area contributed by atoms with E-state index in [9.17, 15) is 9.59 Å². The number of hydrogen-bond donors (Lipinski definition) is 3. The number of nitrogens with two attached hydrogens (primary N) is 1. The largest absolute Gasteiger partial charge is 0.361 e. The maximum atomic E-state index is 12.0. The van der Waals surface area contributed by atoms with Crippen LogP contribution in [0.5, 0.6) is 0 Å². The molecule has 0 spiro atoms. The first-order valence-electron chi connectivity index (χ1n) is 6.92. The van der Waals surface area contributed by atoms with E-state index in [1.165, 1.54) is 6.20 Å². The number of halogens is 1. The van der Waals surface area contributed by atoms with Gasteiger partial charge in [-0.1, -0.05) is 5.16 Å². The summed E-state index contributed by atoms with van der Waals surface area (Å²) in [5.74, 6) is 0.0853. The van der Waals surface area contributed by atoms with Gasteiger partial charge in [-0.25, -0.2) is 0 Å². The minimum Gasteiger partial charge on any atom is -0.361 e. The summed E-state index contributed by atoms with van der Waals surface area (Å²) in [6.45, 7) is 2.16. The fraction of sp³-hybridized carbons (Fsp3) is 0.267. The summed E-state index contributed by atoms with van der Waals surface area (Å²) < 4.78 is 4.85. The van der Waals surface area contributed by atoms with Crippen molar-refractivity contribution in [2.45, 2.75) is 19.8 Å². The van der Waals surface area contributed by atoms with Crippen LogP contribution in [0.3, 0.4) is 0 Å². The lowest BCUT2D eigenvalue weighted by Gasteiger charge is -2.07. The molecule has 4 N–H and O–H groups in total. The molecule has 0 fully saturated rings. The number of carbonyl (C=O) groups is 2. The maximum absolute atomic E-state index is 12.0. The predicted molar refractivity (Wildman–Crippen MR) is 89.8 cm³/mol. The minimum atomic E-state index is -0.293. The van der Waals surface area contributed by atoms with Gasteiger partial charge < -0.3 is 20.9 Å². The SMILES string of the molecule is Cc1oncc1C(=O)Nc1ccc(NC(=O)CCCN)cc1.Cl. The van der Waals surface area contributed by atoms with Crippen molar-refractivity contribution in [3.8, 4) is 0 Å². The Labute approximate surface area is 140 Å².